The highest BCUT2D eigenvalue weighted by Gasteiger charge is 2.08. The summed E-state index contributed by atoms with van der Waals surface area (Å²) in [6.45, 7) is 2.65. The maximum absolute atomic E-state index is 11.3. The summed E-state index contributed by atoms with van der Waals surface area (Å²) in [5.74, 6) is 1.03. The molecule has 0 saturated heterocycles. The molecule has 0 fully saturated rings. The number of carbonyl (C=O) groups is 1. The fraction of sp³-hybridized carbons (Fsp3) is 0.462. The van der Waals surface area contributed by atoms with Gasteiger partial charge in [0.15, 0.2) is 0 Å². The molecule has 1 rings (SSSR count). The predicted octanol–water partition coefficient (Wildman–Crippen LogP) is 2.19. The second-order valence-electron chi connectivity index (χ2n) is 3.82. The third-order valence-electron chi connectivity index (χ3n) is 2.40. The third-order valence-corrected chi connectivity index (χ3v) is 2.40. The van der Waals surface area contributed by atoms with Crippen LogP contribution in [0.4, 0.5) is 5.69 Å². The van der Waals surface area contributed by atoms with E-state index in [2.05, 4.69) is 12.2 Å². The Labute approximate surface area is 119 Å². The van der Waals surface area contributed by atoms with Gasteiger partial charge in [0.1, 0.15) is 11.5 Å². The minimum Gasteiger partial charge on any atom is -0.497 e. The molecule has 0 atom stereocenters. The van der Waals surface area contributed by atoms with E-state index < -0.39 is 0 Å². The van der Waals surface area contributed by atoms with Gasteiger partial charge in [-0.15, -0.1) is 12.4 Å². The van der Waals surface area contributed by atoms with Gasteiger partial charge in [-0.1, -0.05) is 13.3 Å². The Kier molecular flexibility index (Phi) is 8.74. The van der Waals surface area contributed by atoms with Crippen molar-refractivity contribution in [1.82, 2.24) is 0 Å². The highest BCUT2D eigenvalue weighted by molar-refractivity contribution is 5.93. The van der Waals surface area contributed by atoms with Crippen LogP contribution < -0.4 is 20.5 Å². The van der Waals surface area contributed by atoms with E-state index in [1.807, 2.05) is 0 Å². The highest BCUT2D eigenvalue weighted by atomic mass is 35.5. The van der Waals surface area contributed by atoms with Gasteiger partial charge in [0, 0.05) is 6.07 Å². The summed E-state index contributed by atoms with van der Waals surface area (Å²) in [5, 5.41) is 2.69. The molecular formula is C13H21ClN2O3. The Balaban J connectivity index is 0.00000324. The van der Waals surface area contributed by atoms with Crippen molar-refractivity contribution in [2.45, 2.75) is 19.8 Å². The van der Waals surface area contributed by atoms with Gasteiger partial charge in [-0.3, -0.25) is 4.79 Å². The number of halogens is 1. The van der Waals surface area contributed by atoms with Crippen molar-refractivity contribution in [3.8, 4) is 11.5 Å². The number of carbonyl (C=O) groups excluding carboxylic acids is 1. The van der Waals surface area contributed by atoms with E-state index in [-0.39, 0.29) is 24.9 Å². The van der Waals surface area contributed by atoms with Crippen LogP contribution >= 0.6 is 12.4 Å². The topological polar surface area (TPSA) is 73.6 Å². The van der Waals surface area contributed by atoms with E-state index in [1.54, 1.807) is 25.3 Å². The van der Waals surface area contributed by atoms with Crippen LogP contribution in [0.2, 0.25) is 0 Å². The number of hydrogen-bond donors (Lipinski definition) is 2. The molecule has 0 aliphatic rings. The molecule has 0 aliphatic heterocycles. The average molecular weight is 289 g/mol. The zero-order valence-electron chi connectivity index (χ0n) is 11.3. The van der Waals surface area contributed by atoms with Crippen LogP contribution in [0.5, 0.6) is 11.5 Å². The molecule has 1 aromatic rings. The monoisotopic (exact) mass is 288 g/mol. The lowest BCUT2D eigenvalue weighted by Crippen LogP contribution is -2.22. The van der Waals surface area contributed by atoms with E-state index in [9.17, 15) is 4.79 Å². The first-order chi connectivity index (χ1) is 8.71. The first kappa shape index (κ1) is 17.5. The molecular weight excluding hydrogens is 268 g/mol. The summed E-state index contributed by atoms with van der Waals surface area (Å²) in [5.41, 5.74) is 5.86. The number of ether oxygens (including phenoxy) is 2. The van der Waals surface area contributed by atoms with Gasteiger partial charge < -0.3 is 20.5 Å². The molecule has 5 nitrogen and oxygen atoms in total. The van der Waals surface area contributed by atoms with Crippen LogP contribution in [0.3, 0.4) is 0 Å². The van der Waals surface area contributed by atoms with Crippen molar-refractivity contribution >= 4 is 24.0 Å². The van der Waals surface area contributed by atoms with Crippen LogP contribution in [0, 0.1) is 0 Å². The molecule has 1 aromatic carbocycles. The molecule has 0 aromatic heterocycles. The number of nitrogens with two attached hydrogens (primary N) is 1. The fourth-order valence-corrected chi connectivity index (χ4v) is 1.39. The normalized spacial score (nSPS) is 9.42. The van der Waals surface area contributed by atoms with E-state index in [0.29, 0.717) is 23.8 Å². The summed E-state index contributed by atoms with van der Waals surface area (Å²) >= 11 is 0. The number of anilines is 1. The minimum atomic E-state index is -0.261. The lowest BCUT2D eigenvalue weighted by atomic mass is 10.2. The molecule has 0 aliphatic carbocycles. The van der Waals surface area contributed by atoms with Gasteiger partial charge in [-0.25, -0.2) is 0 Å². The van der Waals surface area contributed by atoms with E-state index in [4.69, 9.17) is 15.2 Å². The number of hydrogen-bond acceptors (Lipinski definition) is 4. The van der Waals surface area contributed by atoms with Crippen LogP contribution in [-0.4, -0.2) is 26.2 Å². The van der Waals surface area contributed by atoms with Gasteiger partial charge in [-0.05, 0) is 18.6 Å². The van der Waals surface area contributed by atoms with E-state index in [1.165, 1.54) is 0 Å². The highest BCUT2D eigenvalue weighted by Crippen LogP contribution is 2.29. The maximum atomic E-state index is 11.3. The number of benzene rings is 1. The zero-order chi connectivity index (χ0) is 13.4. The van der Waals surface area contributed by atoms with Crippen LogP contribution in [-0.2, 0) is 4.79 Å². The van der Waals surface area contributed by atoms with Gasteiger partial charge in [0.05, 0.1) is 25.9 Å². The predicted molar refractivity (Wildman–Crippen MR) is 78.3 cm³/mol. The van der Waals surface area contributed by atoms with E-state index in [0.717, 1.165) is 12.8 Å². The van der Waals surface area contributed by atoms with E-state index >= 15 is 0 Å². The second-order valence-corrected chi connectivity index (χ2v) is 3.82. The lowest BCUT2D eigenvalue weighted by molar-refractivity contribution is -0.114. The SMILES string of the molecule is CCCCOc1ccc(OC)cc1NC(=O)CN.Cl. The number of rotatable bonds is 7. The molecule has 19 heavy (non-hydrogen) atoms. The Hall–Kier alpha value is -1.46. The lowest BCUT2D eigenvalue weighted by Gasteiger charge is -2.13. The Bertz CT molecular complexity index is 399. The first-order valence-electron chi connectivity index (χ1n) is 6.02. The molecule has 1 amide bonds. The molecule has 0 heterocycles. The largest absolute Gasteiger partial charge is 0.497 e. The zero-order valence-corrected chi connectivity index (χ0v) is 12.1. The Morgan fingerprint density at radius 1 is 1.42 bits per heavy atom. The van der Waals surface area contributed by atoms with Crippen molar-refractivity contribution in [3.05, 3.63) is 18.2 Å². The van der Waals surface area contributed by atoms with Gasteiger partial charge in [-0.2, -0.15) is 0 Å². The minimum absolute atomic E-state index is 0. The van der Waals surface area contributed by atoms with Crippen LogP contribution in [0.1, 0.15) is 19.8 Å². The molecule has 0 spiro atoms. The fourth-order valence-electron chi connectivity index (χ4n) is 1.39. The van der Waals surface area contributed by atoms with Gasteiger partial charge >= 0.3 is 0 Å². The maximum Gasteiger partial charge on any atom is 0.238 e. The average Bonchev–Trinajstić information content (AvgIpc) is 2.40. The molecule has 0 radical (unpaired) electrons. The van der Waals surface area contributed by atoms with Crippen molar-refractivity contribution in [2.75, 3.05) is 25.6 Å². The van der Waals surface area contributed by atoms with Crippen molar-refractivity contribution in [3.63, 3.8) is 0 Å². The Morgan fingerprint density at radius 2 is 2.16 bits per heavy atom. The van der Waals surface area contributed by atoms with Crippen LogP contribution in [0.15, 0.2) is 18.2 Å². The van der Waals surface area contributed by atoms with Crippen molar-refractivity contribution in [1.29, 1.82) is 0 Å². The standard InChI is InChI=1S/C13H20N2O3.ClH/c1-3-4-7-18-12-6-5-10(17-2)8-11(12)15-13(16)9-14;/h5-6,8H,3-4,7,9,14H2,1-2H3,(H,15,16);1H. The Morgan fingerprint density at radius 3 is 2.74 bits per heavy atom. The quantitative estimate of drug-likeness (QED) is 0.754. The second kappa shape index (κ2) is 9.47. The third kappa shape index (κ3) is 5.81. The molecule has 0 saturated carbocycles. The first-order valence-corrected chi connectivity index (χ1v) is 6.02. The molecule has 0 unspecified atom stereocenters. The number of unbranched alkanes of at least 4 members (excludes halogenated alkanes) is 1. The molecule has 6 heteroatoms. The summed E-state index contributed by atoms with van der Waals surface area (Å²) < 4.78 is 10.7. The van der Waals surface area contributed by atoms with Gasteiger partial charge in [0.25, 0.3) is 0 Å². The number of amides is 1. The molecule has 0 bridgehead atoms. The summed E-state index contributed by atoms with van der Waals surface area (Å²) in [6, 6.07) is 5.29. The molecule has 108 valence electrons. The summed E-state index contributed by atoms with van der Waals surface area (Å²) in [7, 11) is 1.57. The summed E-state index contributed by atoms with van der Waals surface area (Å²) in [4.78, 5) is 11.3. The summed E-state index contributed by atoms with van der Waals surface area (Å²) in [6.07, 6.45) is 2.02. The molecule has 3 N–H and O–H groups in total. The smallest absolute Gasteiger partial charge is 0.238 e. The van der Waals surface area contributed by atoms with Gasteiger partial charge in [0.2, 0.25) is 5.91 Å². The van der Waals surface area contributed by atoms with Crippen molar-refractivity contribution in [2.24, 2.45) is 5.73 Å². The number of methoxy groups -OCH3 is 1. The van der Waals surface area contributed by atoms with Crippen LogP contribution in [0.25, 0.3) is 0 Å². The van der Waals surface area contributed by atoms with Crippen molar-refractivity contribution < 1.29 is 14.3 Å². The number of nitrogens with one attached hydrogen (secondary N) is 1.